The van der Waals surface area contributed by atoms with Crippen molar-refractivity contribution < 1.29 is 24.0 Å². The Kier molecular flexibility index (Phi) is 10.4. The smallest absolute Gasteiger partial charge is 0.315 e. The Morgan fingerprint density at radius 1 is 1.00 bits per heavy atom. The van der Waals surface area contributed by atoms with Gasteiger partial charge in [-0.1, -0.05) is 59.6 Å². The van der Waals surface area contributed by atoms with Crippen molar-refractivity contribution in [2.75, 3.05) is 13.1 Å². The number of Topliss-reactive ketones (excluding diaryl/α,β-unsaturated/α-hetero) is 1. The SMILES string of the molecule is C=CCCNC(=O)C(=O)C(CCC=C)NC(=O)C1C2C(CN1C(=O)C(NC(=O)NC1CCCC1)C(C)(C)C)C2(C)C. The fraction of sp³-hybridized carbons (Fsp3) is 0.710. The van der Waals surface area contributed by atoms with Crippen LogP contribution in [-0.2, 0) is 19.2 Å². The summed E-state index contributed by atoms with van der Waals surface area (Å²) < 4.78 is 0. The lowest BCUT2D eigenvalue weighted by Gasteiger charge is -2.38. The molecular weight excluding hydrogens is 522 g/mol. The number of likely N-dealkylation sites (tertiary alicyclic amines) is 1. The standard InChI is InChI=1S/C31H49N5O5/c1-8-10-16-21(24(37)27(39)32-17-11-9-2)34-26(38)23-22-20(31(22,6)7)18-36(23)28(40)25(30(3,4)5)35-29(41)33-19-14-12-13-15-19/h8-9,19-23,25H,1-2,10-18H2,3-7H3,(H,32,39)(H,34,38)(H2,33,35,41). The van der Waals surface area contributed by atoms with Crippen molar-refractivity contribution in [1.29, 1.82) is 0 Å². The highest BCUT2D eigenvalue weighted by Crippen LogP contribution is 2.65. The maximum atomic E-state index is 14.1. The molecule has 2 aliphatic carbocycles. The Morgan fingerprint density at radius 3 is 2.22 bits per heavy atom. The summed E-state index contributed by atoms with van der Waals surface area (Å²) in [6.45, 7) is 17.8. The highest BCUT2D eigenvalue weighted by molar-refractivity contribution is 6.38. The first kappa shape index (κ1) is 32.3. The molecule has 0 aromatic carbocycles. The van der Waals surface area contributed by atoms with E-state index in [1.165, 1.54) is 0 Å². The number of allylic oxidation sites excluding steroid dienone is 1. The van der Waals surface area contributed by atoms with Crippen LogP contribution in [0.25, 0.3) is 0 Å². The molecule has 5 atom stereocenters. The number of rotatable bonds is 13. The predicted octanol–water partition coefficient (Wildman–Crippen LogP) is 2.84. The number of carbonyl (C=O) groups excluding carboxylic acids is 5. The molecule has 0 radical (unpaired) electrons. The number of ketones is 1. The maximum Gasteiger partial charge on any atom is 0.315 e. The molecule has 2 saturated carbocycles. The van der Waals surface area contributed by atoms with E-state index < -0.39 is 41.1 Å². The molecule has 5 amide bonds. The molecule has 41 heavy (non-hydrogen) atoms. The minimum Gasteiger partial charge on any atom is -0.349 e. The number of nitrogens with one attached hydrogen (secondary N) is 4. The van der Waals surface area contributed by atoms with E-state index in [0.717, 1.165) is 25.7 Å². The van der Waals surface area contributed by atoms with Gasteiger partial charge < -0.3 is 26.2 Å². The van der Waals surface area contributed by atoms with Crippen molar-refractivity contribution in [2.24, 2.45) is 22.7 Å². The molecule has 1 heterocycles. The van der Waals surface area contributed by atoms with Gasteiger partial charge in [-0.05, 0) is 54.8 Å². The molecular formula is C31H49N5O5. The van der Waals surface area contributed by atoms with Crippen molar-refractivity contribution in [3.05, 3.63) is 25.3 Å². The van der Waals surface area contributed by atoms with Crippen molar-refractivity contribution in [2.45, 2.75) is 104 Å². The van der Waals surface area contributed by atoms with Gasteiger partial charge >= 0.3 is 6.03 Å². The van der Waals surface area contributed by atoms with Crippen LogP contribution in [0.1, 0.15) is 79.6 Å². The summed E-state index contributed by atoms with van der Waals surface area (Å²) in [6.07, 6.45) is 8.41. The Bertz CT molecular complexity index is 1040. The predicted molar refractivity (Wildman–Crippen MR) is 158 cm³/mol. The average molecular weight is 572 g/mol. The third kappa shape index (κ3) is 7.57. The van der Waals surface area contributed by atoms with Gasteiger partial charge in [0, 0.05) is 19.1 Å². The molecule has 1 saturated heterocycles. The largest absolute Gasteiger partial charge is 0.349 e. The zero-order chi connectivity index (χ0) is 30.5. The maximum absolute atomic E-state index is 14.1. The van der Waals surface area contributed by atoms with Crippen molar-refractivity contribution in [3.63, 3.8) is 0 Å². The van der Waals surface area contributed by atoms with Crippen molar-refractivity contribution >= 4 is 29.5 Å². The van der Waals surface area contributed by atoms with E-state index in [2.05, 4.69) is 48.3 Å². The molecule has 0 aromatic heterocycles. The number of hydrogen-bond acceptors (Lipinski definition) is 5. The fourth-order valence-electron chi connectivity index (χ4n) is 6.40. The third-order valence-corrected chi connectivity index (χ3v) is 8.99. The molecule has 10 heteroatoms. The number of nitrogens with zero attached hydrogens (tertiary/aromatic N) is 1. The van der Waals surface area contributed by atoms with E-state index in [1.807, 2.05) is 20.8 Å². The molecule has 5 unspecified atom stereocenters. The second-order valence-corrected chi connectivity index (χ2v) is 13.4. The quantitative estimate of drug-likeness (QED) is 0.153. The monoisotopic (exact) mass is 571 g/mol. The minimum atomic E-state index is -1.05. The molecule has 10 nitrogen and oxygen atoms in total. The summed E-state index contributed by atoms with van der Waals surface area (Å²) in [5.41, 5.74) is -0.759. The molecule has 1 aliphatic heterocycles. The second kappa shape index (κ2) is 13.2. The molecule has 228 valence electrons. The van der Waals surface area contributed by atoms with Crippen LogP contribution in [0.2, 0.25) is 0 Å². The fourth-order valence-corrected chi connectivity index (χ4v) is 6.40. The lowest BCUT2D eigenvalue weighted by atomic mass is 9.85. The first-order chi connectivity index (χ1) is 19.2. The van der Waals surface area contributed by atoms with Crippen LogP contribution in [0.3, 0.4) is 0 Å². The van der Waals surface area contributed by atoms with Crippen molar-refractivity contribution in [1.82, 2.24) is 26.2 Å². The number of urea groups is 1. The molecule has 4 N–H and O–H groups in total. The van der Waals surface area contributed by atoms with Crippen LogP contribution >= 0.6 is 0 Å². The van der Waals surface area contributed by atoms with Crippen LogP contribution in [0.5, 0.6) is 0 Å². The van der Waals surface area contributed by atoms with Gasteiger partial charge in [0.1, 0.15) is 12.1 Å². The van der Waals surface area contributed by atoms with Crippen LogP contribution in [0.15, 0.2) is 25.3 Å². The normalized spacial score (nSPS) is 24.4. The van der Waals surface area contributed by atoms with Gasteiger partial charge in [0.15, 0.2) is 0 Å². The molecule has 0 bridgehead atoms. The van der Waals surface area contributed by atoms with E-state index in [4.69, 9.17) is 0 Å². The van der Waals surface area contributed by atoms with Gasteiger partial charge in [0.25, 0.3) is 5.91 Å². The molecule has 3 aliphatic rings. The Balaban J connectivity index is 1.79. The number of carbonyl (C=O) groups is 5. The van der Waals surface area contributed by atoms with E-state index in [0.29, 0.717) is 19.4 Å². The van der Waals surface area contributed by atoms with Gasteiger partial charge in [-0.15, -0.1) is 13.2 Å². The second-order valence-electron chi connectivity index (χ2n) is 13.4. The first-order valence-electron chi connectivity index (χ1n) is 15.0. The average Bonchev–Trinajstić information content (AvgIpc) is 3.33. The molecule has 3 rings (SSSR count). The van der Waals surface area contributed by atoms with Crippen LogP contribution in [-0.4, -0.2) is 71.7 Å². The lowest BCUT2D eigenvalue weighted by Crippen LogP contribution is -2.61. The van der Waals surface area contributed by atoms with Gasteiger partial charge in [-0.25, -0.2) is 4.79 Å². The summed E-state index contributed by atoms with van der Waals surface area (Å²) in [7, 11) is 0. The minimum absolute atomic E-state index is 0.0871. The zero-order valence-electron chi connectivity index (χ0n) is 25.4. The molecule has 0 spiro atoms. The highest BCUT2D eigenvalue weighted by atomic mass is 16.2. The third-order valence-electron chi connectivity index (χ3n) is 8.99. The number of fused-ring (bicyclic) bond motifs is 1. The number of piperidine rings is 1. The topological polar surface area (TPSA) is 137 Å². The van der Waals surface area contributed by atoms with E-state index in [9.17, 15) is 24.0 Å². The van der Waals surface area contributed by atoms with Crippen molar-refractivity contribution in [3.8, 4) is 0 Å². The first-order valence-corrected chi connectivity index (χ1v) is 15.0. The number of amides is 5. The molecule has 0 aromatic rings. The Hall–Kier alpha value is -3.17. The Labute approximate surface area is 244 Å². The van der Waals surface area contributed by atoms with Gasteiger partial charge in [-0.2, -0.15) is 0 Å². The van der Waals surface area contributed by atoms with Gasteiger partial charge in [0.05, 0.1) is 6.04 Å². The summed E-state index contributed by atoms with van der Waals surface area (Å²) in [5.74, 6) is -2.24. The van der Waals surface area contributed by atoms with Crippen LogP contribution < -0.4 is 21.3 Å². The zero-order valence-corrected chi connectivity index (χ0v) is 25.4. The van der Waals surface area contributed by atoms with E-state index >= 15 is 0 Å². The molecule has 3 fully saturated rings. The van der Waals surface area contributed by atoms with Crippen LogP contribution in [0.4, 0.5) is 4.79 Å². The van der Waals surface area contributed by atoms with Gasteiger partial charge in [-0.3, -0.25) is 19.2 Å². The summed E-state index contributed by atoms with van der Waals surface area (Å²) in [5, 5.41) is 11.3. The van der Waals surface area contributed by atoms with Crippen LogP contribution in [0, 0.1) is 22.7 Å². The number of hydrogen-bond donors (Lipinski definition) is 4. The lowest BCUT2D eigenvalue weighted by molar-refractivity contribution is -0.145. The highest BCUT2D eigenvalue weighted by Gasteiger charge is 2.69. The summed E-state index contributed by atoms with van der Waals surface area (Å²) in [6, 6.07) is -2.99. The summed E-state index contributed by atoms with van der Waals surface area (Å²) in [4.78, 5) is 67.9. The van der Waals surface area contributed by atoms with E-state index in [1.54, 1.807) is 17.1 Å². The summed E-state index contributed by atoms with van der Waals surface area (Å²) >= 11 is 0. The van der Waals surface area contributed by atoms with Gasteiger partial charge in [0.2, 0.25) is 17.6 Å². The van der Waals surface area contributed by atoms with E-state index in [-0.39, 0.29) is 48.2 Å². The Morgan fingerprint density at radius 2 is 1.63 bits per heavy atom.